The zero-order valence-corrected chi connectivity index (χ0v) is 15.7. The quantitative estimate of drug-likeness (QED) is 0.465. The number of Topliss-reactive ketones (excluding diaryl/α,β-unsaturated/α-hetero) is 1. The summed E-state index contributed by atoms with van der Waals surface area (Å²) in [4.78, 5) is 25.2. The van der Waals surface area contributed by atoms with Crippen molar-refractivity contribution in [1.82, 2.24) is 0 Å². The van der Waals surface area contributed by atoms with Gasteiger partial charge in [0.15, 0.2) is 6.10 Å². The van der Waals surface area contributed by atoms with Gasteiger partial charge in [0.2, 0.25) is 5.78 Å². The van der Waals surface area contributed by atoms with Gasteiger partial charge in [-0.25, -0.2) is 4.79 Å². The first-order valence-electron chi connectivity index (χ1n) is 8.94. The lowest BCUT2D eigenvalue weighted by Crippen LogP contribution is -2.24. The van der Waals surface area contributed by atoms with Crippen LogP contribution in [-0.2, 0) is 11.2 Å². The van der Waals surface area contributed by atoms with E-state index in [4.69, 9.17) is 9.47 Å². The van der Waals surface area contributed by atoms with E-state index < -0.39 is 12.1 Å². The second kappa shape index (κ2) is 8.04. The van der Waals surface area contributed by atoms with E-state index in [9.17, 15) is 9.59 Å². The maximum absolute atomic E-state index is 12.7. The maximum Gasteiger partial charge on any atom is 0.342 e. The summed E-state index contributed by atoms with van der Waals surface area (Å²) in [5.41, 5.74) is 1.98. The van der Waals surface area contributed by atoms with Crippen molar-refractivity contribution >= 4 is 22.5 Å². The molecule has 0 aliphatic rings. The second-order valence-electron chi connectivity index (χ2n) is 6.36. The number of fused-ring (bicyclic) bond motifs is 1. The van der Waals surface area contributed by atoms with Crippen LogP contribution in [0.15, 0.2) is 60.7 Å². The molecule has 1 atom stereocenters. The van der Waals surface area contributed by atoms with Crippen LogP contribution in [0.3, 0.4) is 0 Å². The molecule has 0 aliphatic carbocycles. The number of carbonyl (C=O) groups excluding carboxylic acids is 2. The Morgan fingerprint density at radius 1 is 0.963 bits per heavy atom. The molecule has 27 heavy (non-hydrogen) atoms. The minimum Gasteiger partial charge on any atom is -0.496 e. The van der Waals surface area contributed by atoms with E-state index in [-0.39, 0.29) is 5.78 Å². The largest absolute Gasteiger partial charge is 0.496 e. The number of hydrogen-bond donors (Lipinski definition) is 0. The van der Waals surface area contributed by atoms with Gasteiger partial charge in [-0.1, -0.05) is 55.5 Å². The molecule has 0 N–H and O–H groups in total. The Bertz CT molecular complexity index is 973. The Kier molecular flexibility index (Phi) is 5.55. The van der Waals surface area contributed by atoms with Crippen LogP contribution in [0.1, 0.15) is 40.1 Å². The number of benzene rings is 3. The molecule has 0 bridgehead atoms. The predicted octanol–water partition coefficient (Wildman–Crippen LogP) is 4.84. The van der Waals surface area contributed by atoms with Crippen LogP contribution >= 0.6 is 0 Å². The van der Waals surface area contributed by atoms with Crippen LogP contribution in [0.25, 0.3) is 10.8 Å². The lowest BCUT2D eigenvalue weighted by Gasteiger charge is -2.15. The fourth-order valence-electron chi connectivity index (χ4n) is 2.96. The van der Waals surface area contributed by atoms with E-state index in [2.05, 4.69) is 6.92 Å². The van der Waals surface area contributed by atoms with Gasteiger partial charge in [0.1, 0.15) is 11.3 Å². The van der Waals surface area contributed by atoms with Gasteiger partial charge in [0.25, 0.3) is 0 Å². The van der Waals surface area contributed by atoms with Gasteiger partial charge in [-0.15, -0.1) is 0 Å². The molecule has 4 nitrogen and oxygen atoms in total. The molecule has 0 saturated carbocycles. The highest BCUT2D eigenvalue weighted by molar-refractivity contribution is 6.03. The molecule has 0 heterocycles. The third kappa shape index (κ3) is 4.00. The van der Waals surface area contributed by atoms with Crippen molar-refractivity contribution in [3.8, 4) is 5.75 Å². The van der Waals surface area contributed by atoms with E-state index in [1.54, 1.807) is 31.2 Å². The van der Waals surface area contributed by atoms with Crippen molar-refractivity contribution < 1.29 is 19.1 Å². The first-order valence-corrected chi connectivity index (χ1v) is 8.94. The molecule has 0 amide bonds. The van der Waals surface area contributed by atoms with Crippen LogP contribution in [0.2, 0.25) is 0 Å². The van der Waals surface area contributed by atoms with Gasteiger partial charge in [-0.05, 0) is 41.8 Å². The second-order valence-corrected chi connectivity index (χ2v) is 6.36. The number of ether oxygens (including phenoxy) is 2. The third-order valence-corrected chi connectivity index (χ3v) is 4.59. The molecule has 0 fully saturated rings. The normalized spacial score (nSPS) is 11.8. The van der Waals surface area contributed by atoms with Crippen molar-refractivity contribution in [2.45, 2.75) is 26.4 Å². The number of ketones is 1. The van der Waals surface area contributed by atoms with E-state index >= 15 is 0 Å². The Labute approximate surface area is 158 Å². The average molecular weight is 362 g/mol. The SMILES string of the molecule is CCc1ccc(C(=O)[C@H](C)OC(=O)c2cc3ccccc3cc2OC)cc1. The highest BCUT2D eigenvalue weighted by atomic mass is 16.5. The molecule has 0 aromatic heterocycles. The molecule has 3 rings (SSSR count). The lowest BCUT2D eigenvalue weighted by molar-refractivity contribution is 0.0316. The smallest absolute Gasteiger partial charge is 0.342 e. The summed E-state index contributed by atoms with van der Waals surface area (Å²) in [6.07, 6.45) is 0.0157. The highest BCUT2D eigenvalue weighted by Crippen LogP contribution is 2.27. The number of esters is 1. The summed E-state index contributed by atoms with van der Waals surface area (Å²) in [5, 5.41) is 1.87. The van der Waals surface area contributed by atoms with Crippen molar-refractivity contribution in [2.75, 3.05) is 7.11 Å². The average Bonchev–Trinajstić information content (AvgIpc) is 2.72. The van der Waals surface area contributed by atoms with Crippen LogP contribution < -0.4 is 4.74 Å². The molecule has 138 valence electrons. The van der Waals surface area contributed by atoms with Crippen LogP contribution in [0, 0.1) is 0 Å². The molecule has 0 spiro atoms. The van der Waals surface area contributed by atoms with Crippen molar-refractivity contribution in [3.63, 3.8) is 0 Å². The van der Waals surface area contributed by atoms with E-state index in [1.165, 1.54) is 7.11 Å². The topological polar surface area (TPSA) is 52.6 Å². The zero-order chi connectivity index (χ0) is 19.4. The Morgan fingerprint density at radius 2 is 1.59 bits per heavy atom. The number of hydrogen-bond acceptors (Lipinski definition) is 4. The molecule has 3 aromatic rings. The Morgan fingerprint density at radius 3 is 2.19 bits per heavy atom. The van der Waals surface area contributed by atoms with Gasteiger partial charge in [0.05, 0.1) is 7.11 Å². The van der Waals surface area contributed by atoms with E-state index in [0.29, 0.717) is 16.9 Å². The lowest BCUT2D eigenvalue weighted by atomic mass is 10.0. The Hall–Kier alpha value is -3.14. The number of rotatable bonds is 6. The van der Waals surface area contributed by atoms with Gasteiger partial charge < -0.3 is 9.47 Å². The zero-order valence-electron chi connectivity index (χ0n) is 15.7. The minimum atomic E-state index is -0.888. The Balaban J connectivity index is 1.81. The molecule has 0 unspecified atom stereocenters. The molecule has 0 radical (unpaired) electrons. The fraction of sp³-hybridized carbons (Fsp3) is 0.217. The first kappa shape index (κ1) is 18.6. The fourth-order valence-corrected chi connectivity index (χ4v) is 2.96. The summed E-state index contributed by atoms with van der Waals surface area (Å²) >= 11 is 0. The van der Waals surface area contributed by atoms with E-state index in [0.717, 1.165) is 22.8 Å². The first-order chi connectivity index (χ1) is 13.0. The monoisotopic (exact) mass is 362 g/mol. The van der Waals surface area contributed by atoms with Crippen LogP contribution in [0.4, 0.5) is 0 Å². The summed E-state index contributed by atoms with van der Waals surface area (Å²) in [5.74, 6) is -0.389. The van der Waals surface area contributed by atoms with Gasteiger partial charge in [0, 0.05) is 5.56 Å². The standard InChI is InChI=1S/C23H22O4/c1-4-16-9-11-17(12-10-16)22(24)15(2)27-23(25)20-13-18-7-5-6-8-19(18)14-21(20)26-3/h5-15H,4H2,1-3H3/t15-/m0/s1. The summed E-state index contributed by atoms with van der Waals surface area (Å²) < 4.78 is 10.8. The highest BCUT2D eigenvalue weighted by Gasteiger charge is 2.23. The molecule has 3 aromatic carbocycles. The minimum absolute atomic E-state index is 0.231. The predicted molar refractivity (Wildman–Crippen MR) is 106 cm³/mol. The summed E-state index contributed by atoms with van der Waals surface area (Å²) in [7, 11) is 1.50. The van der Waals surface area contributed by atoms with Crippen molar-refractivity contribution in [2.24, 2.45) is 0 Å². The molecule has 4 heteroatoms. The molecule has 0 saturated heterocycles. The maximum atomic E-state index is 12.7. The molecular formula is C23H22O4. The molecule has 0 aliphatic heterocycles. The van der Waals surface area contributed by atoms with Gasteiger partial charge in [-0.2, -0.15) is 0 Å². The van der Waals surface area contributed by atoms with Gasteiger partial charge in [-0.3, -0.25) is 4.79 Å². The van der Waals surface area contributed by atoms with Crippen molar-refractivity contribution in [1.29, 1.82) is 0 Å². The summed E-state index contributed by atoms with van der Waals surface area (Å²) in [6, 6.07) is 18.5. The molecular weight excluding hydrogens is 340 g/mol. The van der Waals surface area contributed by atoms with Crippen LogP contribution in [-0.4, -0.2) is 25.0 Å². The van der Waals surface area contributed by atoms with Crippen molar-refractivity contribution in [3.05, 3.63) is 77.4 Å². The van der Waals surface area contributed by atoms with Gasteiger partial charge >= 0.3 is 5.97 Å². The number of methoxy groups -OCH3 is 1. The summed E-state index contributed by atoms with van der Waals surface area (Å²) in [6.45, 7) is 3.64. The number of carbonyl (C=O) groups is 2. The third-order valence-electron chi connectivity index (χ3n) is 4.59. The number of aryl methyl sites for hydroxylation is 1. The van der Waals surface area contributed by atoms with E-state index in [1.807, 2.05) is 36.4 Å². The van der Waals surface area contributed by atoms with Crippen LogP contribution in [0.5, 0.6) is 5.75 Å².